The molecule has 3 rings (SSSR count). The van der Waals surface area contributed by atoms with Crippen molar-refractivity contribution in [1.82, 2.24) is 4.90 Å². The normalized spacial score (nSPS) is 18.3. The van der Waals surface area contributed by atoms with E-state index in [1.165, 1.54) is 0 Å². The number of β-amino-alcohol motifs (C(OH)–C–C–N with tert-alkyl or cyclic N) is 1. The van der Waals surface area contributed by atoms with E-state index in [1.54, 1.807) is 0 Å². The number of rotatable bonds is 6. The summed E-state index contributed by atoms with van der Waals surface area (Å²) in [5.74, 6) is 1.71. The molecule has 0 aromatic heterocycles. The molecule has 1 heterocycles. The van der Waals surface area contributed by atoms with E-state index in [0.717, 1.165) is 43.0 Å². The predicted molar refractivity (Wildman–Crippen MR) is 93.5 cm³/mol. The van der Waals surface area contributed by atoms with Crippen LogP contribution in [0.1, 0.15) is 23.2 Å². The monoisotopic (exact) mass is 325 g/mol. The lowest BCUT2D eigenvalue weighted by Gasteiger charge is -2.31. The van der Waals surface area contributed by atoms with Crippen molar-refractivity contribution < 1.29 is 14.6 Å². The second-order valence-electron chi connectivity index (χ2n) is 6.17. The number of aliphatic hydroxyl groups is 1. The van der Waals surface area contributed by atoms with Crippen molar-refractivity contribution in [2.24, 2.45) is 5.92 Å². The van der Waals surface area contributed by atoms with Gasteiger partial charge >= 0.3 is 0 Å². The molecule has 0 radical (unpaired) electrons. The largest absolute Gasteiger partial charge is 0.457 e. The van der Waals surface area contributed by atoms with Gasteiger partial charge in [-0.15, -0.1) is 0 Å². The molecule has 0 unspecified atom stereocenters. The molecule has 24 heavy (non-hydrogen) atoms. The van der Waals surface area contributed by atoms with E-state index in [4.69, 9.17) is 9.84 Å². The smallest absolute Gasteiger partial charge is 0.167 e. The van der Waals surface area contributed by atoms with Crippen molar-refractivity contribution in [1.29, 1.82) is 0 Å². The molecule has 126 valence electrons. The maximum Gasteiger partial charge on any atom is 0.167 e. The third kappa shape index (κ3) is 4.22. The number of Topliss-reactive ketones (excluding diaryl/α,β-unsaturated/α-hetero) is 1. The van der Waals surface area contributed by atoms with Gasteiger partial charge in [0.1, 0.15) is 11.5 Å². The number of ketones is 1. The minimum Gasteiger partial charge on any atom is -0.457 e. The Balaban J connectivity index is 1.63. The molecule has 2 aromatic carbocycles. The number of benzene rings is 2. The van der Waals surface area contributed by atoms with Crippen LogP contribution < -0.4 is 4.74 Å². The number of ether oxygens (including phenoxy) is 1. The highest BCUT2D eigenvalue weighted by molar-refractivity contribution is 5.98. The minimum atomic E-state index is 0.0196. The van der Waals surface area contributed by atoms with E-state index in [1.807, 2.05) is 54.6 Å². The average molecular weight is 325 g/mol. The third-order valence-electron chi connectivity index (χ3n) is 4.41. The van der Waals surface area contributed by atoms with Gasteiger partial charge in [-0.25, -0.2) is 0 Å². The summed E-state index contributed by atoms with van der Waals surface area (Å²) in [4.78, 5) is 14.9. The van der Waals surface area contributed by atoms with E-state index in [-0.39, 0.29) is 18.3 Å². The van der Waals surface area contributed by atoms with E-state index in [2.05, 4.69) is 4.90 Å². The number of carbonyl (C=O) groups excluding carboxylic acids is 1. The summed E-state index contributed by atoms with van der Waals surface area (Å²) in [6.07, 6.45) is 1.93. The zero-order valence-corrected chi connectivity index (χ0v) is 13.7. The molecule has 0 amide bonds. The zero-order chi connectivity index (χ0) is 16.8. The van der Waals surface area contributed by atoms with Crippen molar-refractivity contribution in [3.8, 4) is 11.5 Å². The van der Waals surface area contributed by atoms with Crippen molar-refractivity contribution in [3.63, 3.8) is 0 Å². The van der Waals surface area contributed by atoms with Crippen LogP contribution in [0.3, 0.4) is 0 Å². The van der Waals surface area contributed by atoms with Crippen molar-refractivity contribution in [2.75, 3.05) is 26.2 Å². The van der Waals surface area contributed by atoms with Gasteiger partial charge in [-0.3, -0.25) is 4.79 Å². The fourth-order valence-electron chi connectivity index (χ4n) is 3.16. The Bertz CT molecular complexity index is 652. The van der Waals surface area contributed by atoms with Crippen molar-refractivity contribution in [2.45, 2.75) is 12.8 Å². The molecule has 1 atom stereocenters. The molecule has 1 aliphatic rings. The predicted octanol–water partition coefficient (Wildman–Crippen LogP) is 3.37. The number of piperidine rings is 1. The fourth-order valence-corrected chi connectivity index (χ4v) is 3.16. The first-order valence-electron chi connectivity index (χ1n) is 8.46. The lowest BCUT2D eigenvalue weighted by atomic mass is 9.90. The topological polar surface area (TPSA) is 49.8 Å². The molecule has 4 heteroatoms. The van der Waals surface area contributed by atoms with Crippen molar-refractivity contribution in [3.05, 3.63) is 60.2 Å². The zero-order valence-electron chi connectivity index (χ0n) is 13.7. The Morgan fingerprint density at radius 3 is 2.50 bits per heavy atom. The van der Waals surface area contributed by atoms with Gasteiger partial charge in [0.2, 0.25) is 0 Å². The number of carbonyl (C=O) groups is 1. The first kappa shape index (κ1) is 16.7. The lowest BCUT2D eigenvalue weighted by Crippen LogP contribution is -2.40. The van der Waals surface area contributed by atoms with Gasteiger partial charge in [-0.05, 0) is 55.8 Å². The van der Waals surface area contributed by atoms with Gasteiger partial charge in [0.05, 0.1) is 6.61 Å². The highest BCUT2D eigenvalue weighted by Gasteiger charge is 2.26. The summed E-state index contributed by atoms with van der Waals surface area (Å²) in [5, 5.41) is 9.07. The van der Waals surface area contributed by atoms with Gasteiger partial charge in [-0.2, -0.15) is 0 Å². The number of aliphatic hydroxyl groups excluding tert-OH is 1. The van der Waals surface area contributed by atoms with E-state index in [9.17, 15) is 4.79 Å². The maximum absolute atomic E-state index is 12.7. The quantitative estimate of drug-likeness (QED) is 0.827. The summed E-state index contributed by atoms with van der Waals surface area (Å²) < 4.78 is 5.76. The van der Waals surface area contributed by atoms with Gasteiger partial charge in [0, 0.05) is 24.6 Å². The van der Waals surface area contributed by atoms with Crippen molar-refractivity contribution >= 4 is 5.78 Å². The molecule has 4 nitrogen and oxygen atoms in total. The van der Waals surface area contributed by atoms with Crippen LogP contribution >= 0.6 is 0 Å². The average Bonchev–Trinajstić information content (AvgIpc) is 2.63. The van der Waals surface area contributed by atoms with Gasteiger partial charge < -0.3 is 14.7 Å². The van der Waals surface area contributed by atoms with E-state index in [0.29, 0.717) is 6.54 Å². The number of nitrogens with zero attached hydrogens (tertiary/aromatic N) is 1. The molecule has 0 bridgehead atoms. The molecule has 1 saturated heterocycles. The van der Waals surface area contributed by atoms with Crippen LogP contribution in [0, 0.1) is 5.92 Å². The lowest BCUT2D eigenvalue weighted by molar-refractivity contribution is 0.0794. The van der Waals surface area contributed by atoms with Gasteiger partial charge in [-0.1, -0.05) is 18.2 Å². The number of hydrogen-bond acceptors (Lipinski definition) is 4. The Morgan fingerprint density at radius 1 is 1.08 bits per heavy atom. The molecular formula is C20H23NO3. The molecular weight excluding hydrogens is 302 g/mol. The molecule has 1 N–H and O–H groups in total. The van der Waals surface area contributed by atoms with E-state index >= 15 is 0 Å². The molecule has 1 fully saturated rings. The second-order valence-corrected chi connectivity index (χ2v) is 6.17. The van der Waals surface area contributed by atoms with Gasteiger partial charge in [0.15, 0.2) is 5.78 Å². The molecule has 1 aliphatic heterocycles. The first-order chi connectivity index (χ1) is 11.8. The Labute approximate surface area is 142 Å². The Morgan fingerprint density at radius 2 is 1.79 bits per heavy atom. The van der Waals surface area contributed by atoms with Crippen LogP contribution in [0.2, 0.25) is 0 Å². The summed E-state index contributed by atoms with van der Waals surface area (Å²) in [5.41, 5.74) is 0.728. The molecule has 0 aliphatic carbocycles. The number of hydrogen-bond donors (Lipinski definition) is 1. The maximum atomic E-state index is 12.7. The minimum absolute atomic E-state index is 0.0196. The van der Waals surface area contributed by atoms with Crippen LogP contribution in [-0.4, -0.2) is 42.0 Å². The van der Waals surface area contributed by atoms with Gasteiger partial charge in [0.25, 0.3) is 0 Å². The molecule has 2 aromatic rings. The van der Waals surface area contributed by atoms with Crippen LogP contribution in [0.25, 0.3) is 0 Å². The fraction of sp³-hybridized carbons (Fsp3) is 0.350. The molecule has 0 spiro atoms. The molecule has 0 saturated carbocycles. The van der Waals surface area contributed by atoms with Crippen LogP contribution in [0.5, 0.6) is 11.5 Å². The highest BCUT2D eigenvalue weighted by atomic mass is 16.5. The summed E-state index contributed by atoms with van der Waals surface area (Å²) in [6, 6.07) is 17.0. The first-order valence-corrected chi connectivity index (χ1v) is 8.46. The Hall–Kier alpha value is -2.17. The highest BCUT2D eigenvalue weighted by Crippen LogP contribution is 2.24. The van der Waals surface area contributed by atoms with E-state index < -0.39 is 0 Å². The summed E-state index contributed by atoms with van der Waals surface area (Å²) in [7, 11) is 0. The van der Waals surface area contributed by atoms with Crippen LogP contribution in [-0.2, 0) is 0 Å². The second kappa shape index (κ2) is 8.08. The number of likely N-dealkylation sites (tertiary alicyclic amines) is 1. The third-order valence-corrected chi connectivity index (χ3v) is 4.41. The summed E-state index contributed by atoms with van der Waals surface area (Å²) >= 11 is 0. The SMILES string of the molecule is O=C(c1ccc(Oc2ccccc2)cc1)[C@@H]1CCCN(CCO)C1. The summed E-state index contributed by atoms with van der Waals surface area (Å²) in [6.45, 7) is 2.50. The van der Waals surface area contributed by atoms with Crippen LogP contribution in [0.4, 0.5) is 0 Å². The standard InChI is InChI=1S/C20H23NO3/c22-14-13-21-12-4-5-17(15-21)20(23)16-8-10-19(11-9-16)24-18-6-2-1-3-7-18/h1-3,6-11,17,22H,4-5,12-15H2/t17-/m1/s1. The Kier molecular flexibility index (Phi) is 5.62. The number of para-hydroxylation sites is 1. The van der Waals surface area contributed by atoms with Crippen LogP contribution in [0.15, 0.2) is 54.6 Å².